The van der Waals surface area contributed by atoms with Crippen LogP contribution in [0.25, 0.3) is 0 Å². The third-order valence-corrected chi connectivity index (χ3v) is 3.15. The summed E-state index contributed by atoms with van der Waals surface area (Å²) >= 11 is 0. The smallest absolute Gasteiger partial charge is 0.306 e. The molecule has 0 aliphatic rings. The standard InChI is InChI=1S/C15H30N2O3/c1-6-20-13(18)8-12(7-10(2)3)9-17-15(19)14(16)11(4)5/h10-12,14H,6-9,16H2,1-5H3,(H,17,19)/t12-,14?/m0/s1. The van der Waals surface area contributed by atoms with Crippen LogP contribution in [0.15, 0.2) is 0 Å². The van der Waals surface area contributed by atoms with Gasteiger partial charge in [0.15, 0.2) is 0 Å². The van der Waals surface area contributed by atoms with Gasteiger partial charge in [-0.2, -0.15) is 0 Å². The topological polar surface area (TPSA) is 81.4 Å². The van der Waals surface area contributed by atoms with Gasteiger partial charge in [-0.05, 0) is 31.1 Å². The Kier molecular flexibility index (Phi) is 9.21. The van der Waals surface area contributed by atoms with E-state index in [2.05, 4.69) is 19.2 Å². The number of rotatable bonds is 9. The molecule has 0 rings (SSSR count). The van der Waals surface area contributed by atoms with E-state index in [4.69, 9.17) is 10.5 Å². The summed E-state index contributed by atoms with van der Waals surface area (Å²) in [4.78, 5) is 23.4. The maximum atomic E-state index is 11.8. The lowest BCUT2D eigenvalue weighted by atomic mass is 9.94. The lowest BCUT2D eigenvalue weighted by Gasteiger charge is -2.21. The molecular weight excluding hydrogens is 256 g/mol. The van der Waals surface area contributed by atoms with Gasteiger partial charge >= 0.3 is 5.97 Å². The molecule has 0 aliphatic heterocycles. The predicted octanol–water partition coefficient (Wildman–Crippen LogP) is 1.70. The van der Waals surface area contributed by atoms with Gasteiger partial charge in [0.1, 0.15) is 0 Å². The summed E-state index contributed by atoms with van der Waals surface area (Å²) in [5.41, 5.74) is 5.79. The zero-order chi connectivity index (χ0) is 15.7. The molecule has 1 unspecified atom stereocenters. The molecule has 3 N–H and O–H groups in total. The van der Waals surface area contributed by atoms with Crippen molar-refractivity contribution in [2.24, 2.45) is 23.5 Å². The van der Waals surface area contributed by atoms with E-state index in [1.807, 2.05) is 13.8 Å². The van der Waals surface area contributed by atoms with Gasteiger partial charge in [-0.3, -0.25) is 9.59 Å². The van der Waals surface area contributed by atoms with Gasteiger partial charge in [0.25, 0.3) is 0 Å². The van der Waals surface area contributed by atoms with Crippen molar-refractivity contribution in [1.82, 2.24) is 5.32 Å². The van der Waals surface area contributed by atoms with Crippen molar-refractivity contribution in [2.75, 3.05) is 13.2 Å². The third kappa shape index (κ3) is 8.15. The van der Waals surface area contributed by atoms with E-state index in [0.29, 0.717) is 25.5 Å². The minimum absolute atomic E-state index is 0.0948. The Morgan fingerprint density at radius 3 is 2.25 bits per heavy atom. The van der Waals surface area contributed by atoms with Gasteiger partial charge in [-0.25, -0.2) is 0 Å². The quantitative estimate of drug-likeness (QED) is 0.632. The van der Waals surface area contributed by atoms with E-state index in [0.717, 1.165) is 6.42 Å². The van der Waals surface area contributed by atoms with Crippen LogP contribution in [0, 0.1) is 17.8 Å². The first-order valence-corrected chi connectivity index (χ1v) is 7.46. The van der Waals surface area contributed by atoms with E-state index in [9.17, 15) is 9.59 Å². The molecule has 0 spiro atoms. The van der Waals surface area contributed by atoms with E-state index in [1.54, 1.807) is 6.92 Å². The Labute approximate surface area is 122 Å². The van der Waals surface area contributed by atoms with Crippen molar-refractivity contribution in [3.05, 3.63) is 0 Å². The summed E-state index contributed by atoms with van der Waals surface area (Å²) in [5.74, 6) is 0.296. The van der Waals surface area contributed by atoms with Crippen LogP contribution >= 0.6 is 0 Å². The lowest BCUT2D eigenvalue weighted by Crippen LogP contribution is -2.45. The number of ether oxygens (including phenoxy) is 1. The molecule has 0 saturated carbocycles. The molecule has 1 amide bonds. The van der Waals surface area contributed by atoms with E-state index in [1.165, 1.54) is 0 Å². The zero-order valence-electron chi connectivity index (χ0n) is 13.4. The van der Waals surface area contributed by atoms with Crippen LogP contribution in [0.5, 0.6) is 0 Å². The molecular formula is C15H30N2O3. The van der Waals surface area contributed by atoms with Crippen molar-refractivity contribution in [3.8, 4) is 0 Å². The Hall–Kier alpha value is -1.10. The molecule has 0 aromatic carbocycles. The molecule has 0 saturated heterocycles. The highest BCUT2D eigenvalue weighted by molar-refractivity contribution is 5.81. The summed E-state index contributed by atoms with van der Waals surface area (Å²) < 4.78 is 4.97. The molecule has 0 heterocycles. The number of hydrogen-bond acceptors (Lipinski definition) is 4. The van der Waals surface area contributed by atoms with E-state index in [-0.39, 0.29) is 23.7 Å². The molecule has 0 aromatic rings. The maximum absolute atomic E-state index is 11.8. The zero-order valence-corrected chi connectivity index (χ0v) is 13.4. The minimum Gasteiger partial charge on any atom is -0.466 e. The van der Waals surface area contributed by atoms with Crippen molar-refractivity contribution in [1.29, 1.82) is 0 Å². The Morgan fingerprint density at radius 2 is 1.80 bits per heavy atom. The summed E-state index contributed by atoms with van der Waals surface area (Å²) in [7, 11) is 0. The predicted molar refractivity (Wildman–Crippen MR) is 80.0 cm³/mol. The van der Waals surface area contributed by atoms with Crippen molar-refractivity contribution in [3.63, 3.8) is 0 Å². The van der Waals surface area contributed by atoms with Crippen LogP contribution in [0.4, 0.5) is 0 Å². The number of hydrogen-bond donors (Lipinski definition) is 2. The largest absolute Gasteiger partial charge is 0.466 e. The maximum Gasteiger partial charge on any atom is 0.306 e. The molecule has 0 aliphatic carbocycles. The van der Waals surface area contributed by atoms with Crippen molar-refractivity contribution < 1.29 is 14.3 Å². The number of carbonyl (C=O) groups excluding carboxylic acids is 2. The van der Waals surface area contributed by atoms with Gasteiger partial charge in [0.2, 0.25) is 5.91 Å². The average Bonchev–Trinajstić information content (AvgIpc) is 2.34. The normalized spacial score (nSPS) is 14.2. The fourth-order valence-corrected chi connectivity index (χ4v) is 2.03. The first-order chi connectivity index (χ1) is 9.27. The monoisotopic (exact) mass is 286 g/mol. The SMILES string of the molecule is CCOC(=O)C[C@@H](CNC(=O)C(N)C(C)C)CC(C)C. The van der Waals surface area contributed by atoms with Gasteiger partial charge in [0.05, 0.1) is 19.1 Å². The number of nitrogens with one attached hydrogen (secondary N) is 1. The second-order valence-corrected chi connectivity index (χ2v) is 6.02. The fraction of sp³-hybridized carbons (Fsp3) is 0.867. The minimum atomic E-state index is -0.503. The van der Waals surface area contributed by atoms with Gasteiger partial charge in [-0.15, -0.1) is 0 Å². The molecule has 5 nitrogen and oxygen atoms in total. The lowest BCUT2D eigenvalue weighted by molar-refractivity contribution is -0.144. The van der Waals surface area contributed by atoms with Crippen LogP contribution in [0.1, 0.15) is 47.5 Å². The van der Waals surface area contributed by atoms with Gasteiger partial charge < -0.3 is 15.8 Å². The summed E-state index contributed by atoms with van der Waals surface area (Å²) in [5, 5.41) is 2.84. The Morgan fingerprint density at radius 1 is 1.20 bits per heavy atom. The molecule has 2 atom stereocenters. The summed E-state index contributed by atoms with van der Waals surface area (Å²) in [6.07, 6.45) is 1.21. The van der Waals surface area contributed by atoms with Crippen molar-refractivity contribution in [2.45, 2.75) is 53.5 Å². The molecule has 20 heavy (non-hydrogen) atoms. The molecule has 0 radical (unpaired) electrons. The number of nitrogens with two attached hydrogens (primary N) is 1. The molecule has 5 heteroatoms. The van der Waals surface area contributed by atoms with Crippen molar-refractivity contribution >= 4 is 11.9 Å². The van der Waals surface area contributed by atoms with Crippen LogP contribution < -0.4 is 11.1 Å². The summed E-state index contributed by atoms with van der Waals surface area (Å²) in [6.45, 7) is 10.7. The van der Waals surface area contributed by atoms with Crippen LogP contribution in [-0.2, 0) is 14.3 Å². The average molecular weight is 286 g/mol. The molecule has 0 bridgehead atoms. The highest BCUT2D eigenvalue weighted by Crippen LogP contribution is 2.15. The first-order valence-electron chi connectivity index (χ1n) is 7.46. The van der Waals surface area contributed by atoms with Crippen LogP contribution in [-0.4, -0.2) is 31.1 Å². The fourth-order valence-electron chi connectivity index (χ4n) is 2.03. The number of carbonyl (C=O) groups is 2. The van der Waals surface area contributed by atoms with Crippen LogP contribution in [0.2, 0.25) is 0 Å². The van der Waals surface area contributed by atoms with Crippen LogP contribution in [0.3, 0.4) is 0 Å². The summed E-state index contributed by atoms with van der Waals surface area (Å²) in [6, 6.07) is -0.503. The highest BCUT2D eigenvalue weighted by atomic mass is 16.5. The van der Waals surface area contributed by atoms with E-state index >= 15 is 0 Å². The second-order valence-electron chi connectivity index (χ2n) is 6.02. The third-order valence-electron chi connectivity index (χ3n) is 3.15. The highest BCUT2D eigenvalue weighted by Gasteiger charge is 2.21. The Balaban J connectivity index is 4.35. The molecule has 0 aromatic heterocycles. The van der Waals surface area contributed by atoms with Gasteiger partial charge in [-0.1, -0.05) is 27.7 Å². The first kappa shape index (κ1) is 18.9. The molecule has 0 fully saturated rings. The number of amides is 1. The second kappa shape index (κ2) is 9.75. The molecule has 118 valence electrons. The van der Waals surface area contributed by atoms with Gasteiger partial charge in [0, 0.05) is 6.54 Å². The van der Waals surface area contributed by atoms with E-state index < -0.39 is 6.04 Å². The number of esters is 1. The Bertz CT molecular complexity index is 303.